The minimum Gasteiger partial charge on any atom is -0.0613 e. The smallest absolute Gasteiger partial charge is 0.0112 e. The number of aryl methyl sites for hydroxylation is 2. The highest BCUT2D eigenvalue weighted by molar-refractivity contribution is 5.35. The van der Waals surface area contributed by atoms with Crippen molar-refractivity contribution in [1.82, 2.24) is 0 Å². The van der Waals surface area contributed by atoms with Gasteiger partial charge in [-0.3, -0.25) is 0 Å². The Labute approximate surface area is 81.0 Å². The molecule has 1 saturated carbocycles. The third-order valence-corrected chi connectivity index (χ3v) is 2.88. The predicted octanol–water partition coefficient (Wildman–Crippen LogP) is 3.49. The molecule has 0 heteroatoms. The SMILES string of the molecule is CCc1[c]c(CC)c(C2CC2)cc1. The van der Waals surface area contributed by atoms with Crippen LogP contribution in [-0.2, 0) is 12.8 Å². The summed E-state index contributed by atoms with van der Waals surface area (Å²) < 4.78 is 0. The summed E-state index contributed by atoms with van der Waals surface area (Å²) in [6.45, 7) is 4.43. The Morgan fingerprint density at radius 1 is 1.23 bits per heavy atom. The molecule has 1 aliphatic carbocycles. The Morgan fingerprint density at radius 3 is 2.54 bits per heavy atom. The Kier molecular flexibility index (Phi) is 2.39. The number of benzene rings is 1. The first-order chi connectivity index (χ1) is 6.35. The first-order valence-corrected chi connectivity index (χ1v) is 5.39. The van der Waals surface area contributed by atoms with Crippen molar-refractivity contribution in [2.45, 2.75) is 45.4 Å². The molecule has 0 bridgehead atoms. The Hall–Kier alpha value is -0.780. The normalized spacial score (nSPS) is 16.2. The minimum atomic E-state index is 0.872. The average Bonchev–Trinajstić information content (AvgIpc) is 3.00. The van der Waals surface area contributed by atoms with E-state index in [4.69, 9.17) is 0 Å². The molecule has 0 atom stereocenters. The maximum atomic E-state index is 3.53. The van der Waals surface area contributed by atoms with Crippen LogP contribution in [0.3, 0.4) is 0 Å². The maximum absolute atomic E-state index is 3.53. The fourth-order valence-electron chi connectivity index (χ4n) is 1.87. The van der Waals surface area contributed by atoms with E-state index in [0.29, 0.717) is 0 Å². The van der Waals surface area contributed by atoms with Crippen molar-refractivity contribution in [2.75, 3.05) is 0 Å². The van der Waals surface area contributed by atoms with Gasteiger partial charge in [0.1, 0.15) is 0 Å². The summed E-state index contributed by atoms with van der Waals surface area (Å²) in [5.74, 6) is 0.872. The predicted molar refractivity (Wildman–Crippen MR) is 56.0 cm³/mol. The van der Waals surface area contributed by atoms with Gasteiger partial charge in [-0.05, 0) is 54.4 Å². The monoisotopic (exact) mass is 173 g/mol. The third-order valence-electron chi connectivity index (χ3n) is 2.88. The highest BCUT2D eigenvalue weighted by Crippen LogP contribution is 2.41. The lowest BCUT2D eigenvalue weighted by atomic mass is 9.98. The van der Waals surface area contributed by atoms with Gasteiger partial charge in [0.15, 0.2) is 0 Å². The standard InChI is InChI=1S/C13H17/c1-3-10-5-8-13(12-6-7-12)11(4-2)9-10/h5,8,12H,3-4,6-7H2,1-2H3. The molecule has 2 rings (SSSR count). The molecule has 1 fully saturated rings. The molecule has 1 aromatic carbocycles. The van der Waals surface area contributed by atoms with E-state index in [-0.39, 0.29) is 0 Å². The lowest BCUT2D eigenvalue weighted by Gasteiger charge is -2.07. The fraction of sp³-hybridized carbons (Fsp3) is 0.538. The third kappa shape index (κ3) is 1.77. The molecule has 0 saturated heterocycles. The summed E-state index contributed by atoms with van der Waals surface area (Å²) in [6.07, 6.45) is 5.04. The zero-order valence-corrected chi connectivity index (χ0v) is 8.56. The minimum absolute atomic E-state index is 0.872. The quantitative estimate of drug-likeness (QED) is 0.656. The van der Waals surface area contributed by atoms with E-state index in [1.165, 1.54) is 24.0 Å². The Bertz CT molecular complexity index is 295. The molecule has 1 aromatic rings. The van der Waals surface area contributed by atoms with Gasteiger partial charge in [0.25, 0.3) is 0 Å². The van der Waals surface area contributed by atoms with Gasteiger partial charge in [-0.25, -0.2) is 0 Å². The molecule has 0 unspecified atom stereocenters. The zero-order valence-electron chi connectivity index (χ0n) is 8.56. The molecular weight excluding hydrogens is 156 g/mol. The van der Waals surface area contributed by atoms with Crippen molar-refractivity contribution in [3.8, 4) is 0 Å². The topological polar surface area (TPSA) is 0 Å². The van der Waals surface area contributed by atoms with E-state index >= 15 is 0 Å². The molecule has 1 aliphatic rings. The molecule has 0 heterocycles. The fourth-order valence-corrected chi connectivity index (χ4v) is 1.87. The van der Waals surface area contributed by atoms with Crippen molar-refractivity contribution < 1.29 is 0 Å². The van der Waals surface area contributed by atoms with E-state index in [2.05, 4.69) is 32.0 Å². The summed E-state index contributed by atoms with van der Waals surface area (Å²) >= 11 is 0. The first kappa shape index (κ1) is 8.80. The molecule has 0 aliphatic heterocycles. The van der Waals surface area contributed by atoms with Gasteiger partial charge in [-0.2, -0.15) is 0 Å². The van der Waals surface area contributed by atoms with Gasteiger partial charge in [0.2, 0.25) is 0 Å². The summed E-state index contributed by atoms with van der Waals surface area (Å²) in [5, 5.41) is 0. The van der Waals surface area contributed by atoms with Crippen molar-refractivity contribution in [1.29, 1.82) is 0 Å². The van der Waals surface area contributed by atoms with Gasteiger partial charge < -0.3 is 0 Å². The summed E-state index contributed by atoms with van der Waals surface area (Å²) in [4.78, 5) is 0. The van der Waals surface area contributed by atoms with Crippen molar-refractivity contribution in [2.24, 2.45) is 0 Å². The van der Waals surface area contributed by atoms with Crippen LogP contribution in [0.2, 0.25) is 0 Å². The van der Waals surface area contributed by atoms with Crippen LogP contribution >= 0.6 is 0 Å². The first-order valence-electron chi connectivity index (χ1n) is 5.39. The highest BCUT2D eigenvalue weighted by atomic mass is 14.3. The molecule has 1 radical (unpaired) electrons. The molecule has 0 nitrogen and oxygen atoms in total. The largest absolute Gasteiger partial charge is 0.0613 e. The van der Waals surface area contributed by atoms with Gasteiger partial charge >= 0.3 is 0 Å². The molecule has 0 spiro atoms. The number of hydrogen-bond acceptors (Lipinski definition) is 0. The van der Waals surface area contributed by atoms with Gasteiger partial charge in [-0.15, -0.1) is 0 Å². The molecule has 0 N–H and O–H groups in total. The van der Waals surface area contributed by atoms with Crippen molar-refractivity contribution >= 4 is 0 Å². The van der Waals surface area contributed by atoms with E-state index < -0.39 is 0 Å². The maximum Gasteiger partial charge on any atom is -0.0112 e. The van der Waals surface area contributed by atoms with Crippen LogP contribution in [0.4, 0.5) is 0 Å². The summed E-state index contributed by atoms with van der Waals surface area (Å²) in [6, 6.07) is 8.10. The van der Waals surface area contributed by atoms with Gasteiger partial charge in [-0.1, -0.05) is 26.0 Å². The highest BCUT2D eigenvalue weighted by Gasteiger charge is 2.25. The molecule has 0 aromatic heterocycles. The summed E-state index contributed by atoms with van der Waals surface area (Å²) in [7, 11) is 0. The van der Waals surface area contributed by atoms with Crippen LogP contribution in [0, 0.1) is 6.07 Å². The number of rotatable bonds is 3. The lowest BCUT2D eigenvalue weighted by Crippen LogP contribution is -1.93. The van der Waals surface area contributed by atoms with Gasteiger partial charge in [0.05, 0.1) is 0 Å². The van der Waals surface area contributed by atoms with E-state index in [1.54, 1.807) is 5.56 Å². The molecule has 69 valence electrons. The lowest BCUT2D eigenvalue weighted by molar-refractivity contribution is 1.00. The van der Waals surface area contributed by atoms with Crippen LogP contribution in [0.15, 0.2) is 12.1 Å². The van der Waals surface area contributed by atoms with Gasteiger partial charge in [0, 0.05) is 0 Å². The molecule has 13 heavy (non-hydrogen) atoms. The van der Waals surface area contributed by atoms with E-state index in [0.717, 1.165) is 18.8 Å². The zero-order chi connectivity index (χ0) is 9.26. The Balaban J connectivity index is 2.33. The second-order valence-corrected chi connectivity index (χ2v) is 3.90. The molecule has 0 amide bonds. The molecular formula is C13H17. The second-order valence-electron chi connectivity index (χ2n) is 3.90. The van der Waals surface area contributed by atoms with Crippen molar-refractivity contribution in [3.63, 3.8) is 0 Å². The van der Waals surface area contributed by atoms with Crippen molar-refractivity contribution in [3.05, 3.63) is 34.9 Å². The number of hydrogen-bond donors (Lipinski definition) is 0. The summed E-state index contributed by atoms with van der Waals surface area (Å²) in [5.41, 5.74) is 4.39. The van der Waals surface area contributed by atoms with Crippen LogP contribution < -0.4 is 0 Å². The van der Waals surface area contributed by atoms with E-state index in [9.17, 15) is 0 Å². The van der Waals surface area contributed by atoms with Crippen LogP contribution in [-0.4, -0.2) is 0 Å². The second kappa shape index (κ2) is 3.53. The van der Waals surface area contributed by atoms with Crippen LogP contribution in [0.1, 0.15) is 49.3 Å². The van der Waals surface area contributed by atoms with E-state index in [1.807, 2.05) is 0 Å². The average molecular weight is 173 g/mol. The van der Waals surface area contributed by atoms with Crippen LogP contribution in [0.5, 0.6) is 0 Å². The Morgan fingerprint density at radius 2 is 2.00 bits per heavy atom. The van der Waals surface area contributed by atoms with Crippen LogP contribution in [0.25, 0.3) is 0 Å².